The lowest BCUT2D eigenvalue weighted by atomic mass is 9.87. The quantitative estimate of drug-likeness (QED) is 0.726. The van der Waals surface area contributed by atoms with E-state index in [4.69, 9.17) is 0 Å². The van der Waals surface area contributed by atoms with Crippen molar-refractivity contribution in [1.29, 1.82) is 0 Å². The highest BCUT2D eigenvalue weighted by atomic mass is 15.4. The van der Waals surface area contributed by atoms with E-state index in [-0.39, 0.29) is 11.0 Å². The average molecular weight is 195 g/mol. The van der Waals surface area contributed by atoms with Gasteiger partial charge in [0.25, 0.3) is 0 Å². The third kappa shape index (κ3) is 2.14. The van der Waals surface area contributed by atoms with E-state index in [9.17, 15) is 0 Å². The van der Waals surface area contributed by atoms with Gasteiger partial charge in [-0.2, -0.15) is 0 Å². The molecule has 0 saturated carbocycles. The maximum Gasteiger partial charge on any atom is 0.0883 e. The molecule has 0 spiro atoms. The predicted molar refractivity (Wildman–Crippen MR) is 58.3 cm³/mol. The summed E-state index contributed by atoms with van der Waals surface area (Å²) in [6.07, 6.45) is 3.14. The number of hydrogen-bond donors (Lipinski definition) is 0. The highest BCUT2D eigenvalue weighted by Crippen LogP contribution is 2.25. The van der Waals surface area contributed by atoms with Crippen LogP contribution >= 0.6 is 0 Å². The second-order valence-corrected chi connectivity index (χ2v) is 5.46. The summed E-state index contributed by atoms with van der Waals surface area (Å²) in [6.45, 7) is 13.0. The molecule has 0 aliphatic heterocycles. The van der Waals surface area contributed by atoms with E-state index in [1.54, 1.807) is 0 Å². The summed E-state index contributed by atoms with van der Waals surface area (Å²) in [4.78, 5) is 0. The van der Waals surface area contributed by atoms with Crippen LogP contribution in [0.1, 0.15) is 53.7 Å². The van der Waals surface area contributed by atoms with Gasteiger partial charge in [-0.25, -0.2) is 4.68 Å². The fraction of sp³-hybridized carbons (Fsp3) is 0.818. The first-order chi connectivity index (χ1) is 6.27. The summed E-state index contributed by atoms with van der Waals surface area (Å²) in [6, 6.07) is 0. The highest BCUT2D eigenvalue weighted by molar-refractivity contribution is 5.08. The van der Waals surface area contributed by atoms with Gasteiger partial charge in [0.1, 0.15) is 0 Å². The zero-order chi connectivity index (χ0) is 11.0. The maximum atomic E-state index is 4.24. The highest BCUT2D eigenvalue weighted by Gasteiger charge is 2.24. The smallest absolute Gasteiger partial charge is 0.0883 e. The molecule has 0 fully saturated rings. The normalized spacial score (nSPS) is 13.3. The Morgan fingerprint density at radius 1 is 1.21 bits per heavy atom. The van der Waals surface area contributed by atoms with Crippen LogP contribution in [0.5, 0.6) is 0 Å². The molecule has 1 aromatic rings. The van der Waals surface area contributed by atoms with Crippen LogP contribution in [0.25, 0.3) is 0 Å². The molecule has 0 atom stereocenters. The van der Waals surface area contributed by atoms with E-state index < -0.39 is 0 Å². The molecule has 80 valence electrons. The molecule has 0 unspecified atom stereocenters. The van der Waals surface area contributed by atoms with Gasteiger partial charge in [-0.3, -0.25) is 0 Å². The molecule has 3 heteroatoms. The summed E-state index contributed by atoms with van der Waals surface area (Å²) in [5, 5.41) is 8.41. The molecule has 1 heterocycles. The van der Waals surface area contributed by atoms with E-state index in [1.807, 2.05) is 4.68 Å². The SMILES string of the molecule is CCC(C)(C)c1cn(C(C)(C)C)nn1. The Hall–Kier alpha value is -0.860. The van der Waals surface area contributed by atoms with Crippen molar-refractivity contribution < 1.29 is 0 Å². The van der Waals surface area contributed by atoms with E-state index in [1.165, 1.54) is 0 Å². The molecule has 0 N–H and O–H groups in total. The summed E-state index contributed by atoms with van der Waals surface area (Å²) in [7, 11) is 0. The average Bonchev–Trinajstić information content (AvgIpc) is 2.51. The Morgan fingerprint density at radius 3 is 2.14 bits per heavy atom. The first-order valence-electron chi connectivity index (χ1n) is 5.20. The van der Waals surface area contributed by atoms with Gasteiger partial charge >= 0.3 is 0 Å². The predicted octanol–water partition coefficient (Wildman–Crippen LogP) is 2.72. The lowest BCUT2D eigenvalue weighted by molar-refractivity contribution is 0.346. The van der Waals surface area contributed by atoms with Crippen LogP contribution in [0.4, 0.5) is 0 Å². The topological polar surface area (TPSA) is 30.7 Å². The third-order valence-corrected chi connectivity index (χ3v) is 2.76. The Labute approximate surface area is 86.5 Å². The fourth-order valence-corrected chi connectivity index (χ4v) is 1.08. The molecule has 1 rings (SSSR count). The van der Waals surface area contributed by atoms with Gasteiger partial charge < -0.3 is 0 Å². The van der Waals surface area contributed by atoms with E-state index in [0.717, 1.165) is 12.1 Å². The van der Waals surface area contributed by atoms with Crippen LogP contribution in [0, 0.1) is 0 Å². The van der Waals surface area contributed by atoms with Crippen LogP contribution in [0.3, 0.4) is 0 Å². The summed E-state index contributed by atoms with van der Waals surface area (Å²) < 4.78 is 1.93. The Morgan fingerprint density at radius 2 is 1.79 bits per heavy atom. The molecule has 0 aromatic carbocycles. The second kappa shape index (κ2) is 3.37. The van der Waals surface area contributed by atoms with Crippen LogP contribution in [0.15, 0.2) is 6.20 Å². The molecule has 1 aromatic heterocycles. The Kier molecular flexibility index (Phi) is 2.70. The van der Waals surface area contributed by atoms with Crippen molar-refractivity contribution in [2.45, 2.75) is 58.9 Å². The minimum absolute atomic E-state index is 0.0229. The first kappa shape index (κ1) is 11.2. The largest absolute Gasteiger partial charge is 0.247 e. The molecule has 0 saturated heterocycles. The van der Waals surface area contributed by atoms with Crippen LogP contribution in [-0.4, -0.2) is 15.0 Å². The van der Waals surface area contributed by atoms with Gasteiger partial charge in [-0.1, -0.05) is 26.0 Å². The number of nitrogens with zero attached hydrogens (tertiary/aromatic N) is 3. The molecule has 14 heavy (non-hydrogen) atoms. The van der Waals surface area contributed by atoms with Crippen molar-refractivity contribution >= 4 is 0 Å². The van der Waals surface area contributed by atoms with Crippen molar-refractivity contribution in [1.82, 2.24) is 15.0 Å². The van der Waals surface area contributed by atoms with E-state index >= 15 is 0 Å². The maximum absolute atomic E-state index is 4.24. The zero-order valence-corrected chi connectivity index (χ0v) is 10.1. The van der Waals surface area contributed by atoms with Crippen molar-refractivity contribution in [3.05, 3.63) is 11.9 Å². The minimum Gasteiger partial charge on any atom is -0.247 e. The van der Waals surface area contributed by atoms with Gasteiger partial charge in [0.15, 0.2) is 0 Å². The zero-order valence-electron chi connectivity index (χ0n) is 10.1. The first-order valence-corrected chi connectivity index (χ1v) is 5.20. The van der Waals surface area contributed by atoms with E-state index in [2.05, 4.69) is 58.1 Å². The summed E-state index contributed by atoms with van der Waals surface area (Å²) in [5.74, 6) is 0. The molecule has 0 bridgehead atoms. The molecule has 0 aliphatic rings. The minimum atomic E-state index is 0.0229. The Bertz CT molecular complexity index is 305. The molecular weight excluding hydrogens is 174 g/mol. The lowest BCUT2D eigenvalue weighted by Gasteiger charge is -2.20. The van der Waals surface area contributed by atoms with Crippen LogP contribution < -0.4 is 0 Å². The van der Waals surface area contributed by atoms with Crippen LogP contribution in [0.2, 0.25) is 0 Å². The fourth-order valence-electron chi connectivity index (χ4n) is 1.08. The summed E-state index contributed by atoms with van der Waals surface area (Å²) in [5.41, 5.74) is 1.23. The standard InChI is InChI=1S/C11H21N3/c1-7-11(5,6)9-8-14(13-12-9)10(2,3)4/h8H,7H2,1-6H3. The third-order valence-electron chi connectivity index (χ3n) is 2.76. The monoisotopic (exact) mass is 195 g/mol. The van der Waals surface area contributed by atoms with Crippen molar-refractivity contribution in [3.8, 4) is 0 Å². The van der Waals surface area contributed by atoms with Crippen molar-refractivity contribution in [2.75, 3.05) is 0 Å². The molecule has 3 nitrogen and oxygen atoms in total. The van der Waals surface area contributed by atoms with Crippen molar-refractivity contribution in [2.24, 2.45) is 0 Å². The van der Waals surface area contributed by atoms with Gasteiger partial charge in [-0.05, 0) is 27.2 Å². The number of hydrogen-bond acceptors (Lipinski definition) is 2. The lowest BCUT2D eigenvalue weighted by Crippen LogP contribution is -2.22. The Balaban J connectivity index is 3.00. The van der Waals surface area contributed by atoms with Crippen molar-refractivity contribution in [3.63, 3.8) is 0 Å². The molecule has 0 radical (unpaired) electrons. The van der Waals surface area contributed by atoms with E-state index in [0.29, 0.717) is 0 Å². The van der Waals surface area contributed by atoms with Crippen LogP contribution in [-0.2, 0) is 11.0 Å². The van der Waals surface area contributed by atoms with Gasteiger partial charge in [-0.15, -0.1) is 5.10 Å². The molecular formula is C11H21N3. The number of aromatic nitrogens is 3. The second-order valence-electron chi connectivity index (χ2n) is 5.46. The van der Waals surface area contributed by atoms with Gasteiger partial charge in [0.05, 0.1) is 11.2 Å². The summed E-state index contributed by atoms with van der Waals surface area (Å²) >= 11 is 0. The number of rotatable bonds is 2. The van der Waals surface area contributed by atoms with Gasteiger partial charge in [0.2, 0.25) is 0 Å². The molecule has 0 aliphatic carbocycles. The molecule has 0 amide bonds. The van der Waals surface area contributed by atoms with Gasteiger partial charge in [0, 0.05) is 11.6 Å².